The number of rotatable bonds is 4. The monoisotopic (exact) mass is 370 g/mol. The van der Waals surface area contributed by atoms with E-state index in [1.165, 1.54) is 12.1 Å². The first kappa shape index (κ1) is 17.1. The second-order valence-electron chi connectivity index (χ2n) is 6.37. The number of halogens is 1. The summed E-state index contributed by atoms with van der Waals surface area (Å²) in [4.78, 5) is 12.6. The maximum atomic E-state index is 13.1. The van der Waals surface area contributed by atoms with E-state index in [9.17, 15) is 9.18 Å². The summed E-state index contributed by atoms with van der Waals surface area (Å²) >= 11 is 1.73. The number of nitrogens with zero attached hydrogens (tertiary/aromatic N) is 1. The second kappa shape index (κ2) is 7.47. The Kier molecular flexibility index (Phi) is 4.90. The van der Waals surface area contributed by atoms with Gasteiger partial charge < -0.3 is 5.32 Å². The van der Waals surface area contributed by atoms with Crippen molar-refractivity contribution in [2.75, 3.05) is 11.5 Å². The number of nitrogens with one attached hydrogen (secondary N) is 3. The molecular formula is C19H19FN4OS. The fraction of sp³-hybridized carbons (Fsp3) is 0.263. The molecule has 0 bridgehead atoms. The van der Waals surface area contributed by atoms with E-state index in [1.807, 2.05) is 18.2 Å². The van der Waals surface area contributed by atoms with Crippen molar-refractivity contribution < 1.29 is 9.18 Å². The Balaban J connectivity index is 1.37. The summed E-state index contributed by atoms with van der Waals surface area (Å²) in [7, 11) is 0. The molecule has 1 amide bonds. The van der Waals surface area contributed by atoms with Gasteiger partial charge in [-0.1, -0.05) is 18.2 Å². The average molecular weight is 370 g/mol. The molecule has 5 nitrogen and oxygen atoms in total. The van der Waals surface area contributed by atoms with Crippen LogP contribution in [0.15, 0.2) is 48.7 Å². The van der Waals surface area contributed by atoms with E-state index in [2.05, 4.69) is 20.8 Å². The van der Waals surface area contributed by atoms with Crippen molar-refractivity contribution in [2.45, 2.75) is 18.6 Å². The fourth-order valence-electron chi connectivity index (χ4n) is 3.10. The van der Waals surface area contributed by atoms with Crippen LogP contribution >= 0.6 is 11.8 Å². The van der Waals surface area contributed by atoms with Gasteiger partial charge in [0.2, 0.25) is 5.91 Å². The smallest absolute Gasteiger partial charge is 0.238 e. The van der Waals surface area contributed by atoms with Crippen molar-refractivity contribution >= 4 is 28.6 Å². The van der Waals surface area contributed by atoms with Gasteiger partial charge in [-0.15, -0.1) is 0 Å². The van der Waals surface area contributed by atoms with E-state index < -0.39 is 0 Å². The first-order valence-corrected chi connectivity index (χ1v) is 9.63. The molecule has 26 heavy (non-hydrogen) atoms. The van der Waals surface area contributed by atoms with Crippen molar-refractivity contribution in [3.05, 3.63) is 65.6 Å². The number of amides is 1. The number of aromatic amines is 1. The molecule has 0 spiro atoms. The minimum absolute atomic E-state index is 0.0170. The highest BCUT2D eigenvalue weighted by Crippen LogP contribution is 2.24. The topological polar surface area (TPSA) is 69.8 Å². The molecule has 4 rings (SSSR count). The molecule has 1 aliphatic heterocycles. The van der Waals surface area contributed by atoms with Gasteiger partial charge in [-0.05, 0) is 35.4 Å². The Morgan fingerprint density at radius 3 is 2.92 bits per heavy atom. The Morgan fingerprint density at radius 1 is 1.23 bits per heavy atom. The van der Waals surface area contributed by atoms with Gasteiger partial charge in [-0.2, -0.15) is 16.9 Å². The average Bonchev–Trinajstić information content (AvgIpc) is 3.14. The van der Waals surface area contributed by atoms with Gasteiger partial charge in [-0.3, -0.25) is 15.2 Å². The first-order valence-electron chi connectivity index (χ1n) is 8.48. The lowest BCUT2D eigenvalue weighted by Gasteiger charge is -2.30. The molecule has 3 aromatic rings. The molecule has 2 atom stereocenters. The predicted octanol–water partition coefficient (Wildman–Crippen LogP) is 2.76. The van der Waals surface area contributed by atoms with Crippen LogP contribution in [0.1, 0.15) is 17.2 Å². The van der Waals surface area contributed by atoms with Crippen LogP contribution in [0.4, 0.5) is 4.39 Å². The highest BCUT2D eigenvalue weighted by molar-refractivity contribution is 7.99. The van der Waals surface area contributed by atoms with Crippen molar-refractivity contribution in [1.82, 2.24) is 20.8 Å². The highest BCUT2D eigenvalue weighted by atomic mass is 32.2. The summed E-state index contributed by atoms with van der Waals surface area (Å²) in [6.45, 7) is 0.476. The van der Waals surface area contributed by atoms with Gasteiger partial charge >= 0.3 is 0 Å². The van der Waals surface area contributed by atoms with E-state index in [4.69, 9.17) is 0 Å². The van der Waals surface area contributed by atoms with Gasteiger partial charge in [-0.25, -0.2) is 4.39 Å². The molecule has 2 heterocycles. The standard InChI is InChI=1S/C19H19FN4OS/c20-15-4-2-13(3-5-15)17-10-26-11-18(23-17)19(25)21-8-12-1-6-16-14(7-12)9-22-24-16/h1-7,9,17-18,23H,8,10-11H2,(H,21,25)(H,22,24)/t17?,18-/m0/s1. The Bertz CT molecular complexity index is 911. The van der Waals surface area contributed by atoms with Crippen molar-refractivity contribution in [3.63, 3.8) is 0 Å². The molecule has 0 aliphatic carbocycles. The summed E-state index contributed by atoms with van der Waals surface area (Å²) in [6.07, 6.45) is 1.77. The van der Waals surface area contributed by atoms with E-state index in [1.54, 1.807) is 30.1 Å². The van der Waals surface area contributed by atoms with Gasteiger partial charge in [0.05, 0.1) is 17.8 Å². The number of fused-ring (bicyclic) bond motifs is 1. The van der Waals surface area contributed by atoms with Crippen LogP contribution in [-0.2, 0) is 11.3 Å². The van der Waals surface area contributed by atoms with Crippen LogP contribution in [0, 0.1) is 5.82 Å². The third kappa shape index (κ3) is 3.73. The maximum absolute atomic E-state index is 13.1. The lowest BCUT2D eigenvalue weighted by Crippen LogP contribution is -2.50. The van der Waals surface area contributed by atoms with E-state index in [-0.39, 0.29) is 23.8 Å². The van der Waals surface area contributed by atoms with Crippen LogP contribution in [0.25, 0.3) is 10.9 Å². The Labute approximate surface area is 154 Å². The zero-order valence-corrected chi connectivity index (χ0v) is 14.9. The molecule has 2 aromatic carbocycles. The lowest BCUT2D eigenvalue weighted by atomic mass is 10.1. The van der Waals surface area contributed by atoms with E-state index in [0.717, 1.165) is 33.5 Å². The van der Waals surface area contributed by atoms with Crippen LogP contribution in [0.5, 0.6) is 0 Å². The van der Waals surface area contributed by atoms with Crippen LogP contribution in [0.2, 0.25) is 0 Å². The van der Waals surface area contributed by atoms with Gasteiger partial charge in [0.15, 0.2) is 0 Å². The maximum Gasteiger partial charge on any atom is 0.238 e. The van der Waals surface area contributed by atoms with Crippen molar-refractivity contribution in [1.29, 1.82) is 0 Å². The summed E-state index contributed by atoms with van der Waals surface area (Å²) in [5.74, 6) is 1.33. The zero-order chi connectivity index (χ0) is 17.9. The molecular weight excluding hydrogens is 351 g/mol. The molecule has 1 saturated heterocycles. The third-order valence-corrected chi connectivity index (χ3v) is 5.67. The Hall–Kier alpha value is -2.38. The van der Waals surface area contributed by atoms with Gasteiger partial charge in [0.25, 0.3) is 0 Å². The minimum atomic E-state index is -0.263. The number of carbonyl (C=O) groups excluding carboxylic acids is 1. The number of H-pyrrole nitrogens is 1. The third-order valence-electron chi connectivity index (χ3n) is 4.53. The van der Waals surface area contributed by atoms with E-state index >= 15 is 0 Å². The minimum Gasteiger partial charge on any atom is -0.351 e. The Morgan fingerprint density at radius 2 is 2.08 bits per heavy atom. The van der Waals surface area contributed by atoms with Crippen LogP contribution < -0.4 is 10.6 Å². The van der Waals surface area contributed by atoms with Crippen LogP contribution in [-0.4, -0.2) is 33.7 Å². The number of benzene rings is 2. The molecule has 1 aliphatic rings. The molecule has 1 aromatic heterocycles. The summed E-state index contributed by atoms with van der Waals surface area (Å²) in [5, 5.41) is 14.3. The van der Waals surface area contributed by atoms with Crippen molar-refractivity contribution in [3.8, 4) is 0 Å². The quantitative estimate of drug-likeness (QED) is 0.661. The fourth-order valence-corrected chi connectivity index (χ4v) is 4.24. The number of hydrogen-bond donors (Lipinski definition) is 3. The summed E-state index contributed by atoms with van der Waals surface area (Å²) in [5.41, 5.74) is 3.01. The number of thioether (sulfide) groups is 1. The molecule has 0 saturated carbocycles. The lowest BCUT2D eigenvalue weighted by molar-refractivity contribution is -0.123. The SMILES string of the molecule is O=C(NCc1ccc2[nH]ncc2c1)[C@@H]1CSCC(c2ccc(F)cc2)N1. The molecule has 134 valence electrons. The van der Waals surface area contributed by atoms with Gasteiger partial charge in [0, 0.05) is 29.5 Å². The molecule has 3 N–H and O–H groups in total. The highest BCUT2D eigenvalue weighted by Gasteiger charge is 2.27. The molecule has 1 unspecified atom stereocenters. The zero-order valence-electron chi connectivity index (χ0n) is 14.0. The largest absolute Gasteiger partial charge is 0.351 e. The molecule has 7 heteroatoms. The van der Waals surface area contributed by atoms with Gasteiger partial charge in [0.1, 0.15) is 5.82 Å². The summed E-state index contributed by atoms with van der Waals surface area (Å²) < 4.78 is 13.1. The van der Waals surface area contributed by atoms with E-state index in [0.29, 0.717) is 6.54 Å². The first-order chi connectivity index (χ1) is 12.7. The number of aromatic nitrogens is 2. The molecule has 1 fully saturated rings. The normalized spacial score (nSPS) is 20.2. The second-order valence-corrected chi connectivity index (χ2v) is 7.45. The number of carbonyl (C=O) groups is 1. The molecule has 0 radical (unpaired) electrons. The van der Waals surface area contributed by atoms with Crippen molar-refractivity contribution in [2.24, 2.45) is 0 Å². The van der Waals surface area contributed by atoms with Crippen LogP contribution in [0.3, 0.4) is 0 Å². The number of hydrogen-bond acceptors (Lipinski definition) is 4. The predicted molar refractivity (Wildman–Crippen MR) is 101 cm³/mol. The summed E-state index contributed by atoms with van der Waals surface area (Å²) in [6, 6.07) is 12.2.